The number of thiophene rings is 1. The van der Waals surface area contributed by atoms with Crippen molar-refractivity contribution < 1.29 is 4.74 Å². The lowest BCUT2D eigenvalue weighted by molar-refractivity contribution is 0.122. The maximum absolute atomic E-state index is 9.47. The lowest BCUT2D eigenvalue weighted by atomic mass is 10.1. The van der Waals surface area contributed by atoms with Gasteiger partial charge in [0.05, 0.1) is 17.9 Å². The molecule has 3 aromatic rings. The number of benzene rings is 1. The standard InChI is InChI=1S/C21H20N4OS/c22-12-18-21(14-4-5-14)17-11-20(23-13-19(17)27-18)24-15-2-1-3-16(10-15)25-6-8-26-9-7-25/h1-3,10-11,13-14H,4-9H2,(H,23,24). The Balaban J connectivity index is 1.44. The first-order chi connectivity index (χ1) is 13.3. The van der Waals surface area contributed by atoms with Gasteiger partial charge < -0.3 is 15.0 Å². The van der Waals surface area contributed by atoms with Crippen LogP contribution in [-0.4, -0.2) is 31.3 Å². The Bertz CT molecular complexity index is 1030. The minimum absolute atomic E-state index is 0.549. The van der Waals surface area contributed by atoms with Gasteiger partial charge in [-0.25, -0.2) is 4.98 Å². The van der Waals surface area contributed by atoms with Gasteiger partial charge in [-0.15, -0.1) is 11.3 Å². The van der Waals surface area contributed by atoms with Gasteiger partial charge in [0.1, 0.15) is 16.8 Å². The molecule has 5 nitrogen and oxygen atoms in total. The molecule has 2 fully saturated rings. The molecule has 0 unspecified atom stereocenters. The van der Waals surface area contributed by atoms with Crippen molar-refractivity contribution in [3.05, 3.63) is 47.0 Å². The fourth-order valence-corrected chi connectivity index (χ4v) is 4.74. The number of nitrogens with one attached hydrogen (secondary N) is 1. The minimum Gasteiger partial charge on any atom is -0.378 e. The van der Waals surface area contributed by atoms with E-state index in [0.29, 0.717) is 5.92 Å². The first-order valence-electron chi connectivity index (χ1n) is 9.34. The lowest BCUT2D eigenvalue weighted by Crippen LogP contribution is -2.36. The van der Waals surface area contributed by atoms with Gasteiger partial charge in [0, 0.05) is 36.0 Å². The lowest BCUT2D eigenvalue weighted by Gasteiger charge is -2.29. The fourth-order valence-electron chi connectivity index (χ4n) is 3.70. The predicted molar refractivity (Wildman–Crippen MR) is 109 cm³/mol. The summed E-state index contributed by atoms with van der Waals surface area (Å²) in [6.07, 6.45) is 4.27. The summed E-state index contributed by atoms with van der Waals surface area (Å²) < 4.78 is 6.54. The highest BCUT2D eigenvalue weighted by molar-refractivity contribution is 7.19. The van der Waals surface area contributed by atoms with Gasteiger partial charge in [-0.1, -0.05) is 6.07 Å². The Morgan fingerprint density at radius 3 is 2.85 bits per heavy atom. The molecular weight excluding hydrogens is 356 g/mol. The Morgan fingerprint density at radius 1 is 1.22 bits per heavy atom. The van der Waals surface area contributed by atoms with Crippen molar-refractivity contribution in [2.75, 3.05) is 36.5 Å². The van der Waals surface area contributed by atoms with E-state index in [4.69, 9.17) is 4.74 Å². The molecule has 0 atom stereocenters. The van der Waals surface area contributed by atoms with Gasteiger partial charge >= 0.3 is 0 Å². The van der Waals surface area contributed by atoms with Crippen LogP contribution in [-0.2, 0) is 4.74 Å². The van der Waals surface area contributed by atoms with E-state index in [0.717, 1.165) is 47.4 Å². The number of nitrogens with zero attached hydrogens (tertiary/aromatic N) is 3. The number of hydrogen-bond acceptors (Lipinski definition) is 6. The molecule has 1 saturated heterocycles. The number of fused-ring (bicyclic) bond motifs is 1. The van der Waals surface area contributed by atoms with E-state index >= 15 is 0 Å². The highest BCUT2D eigenvalue weighted by Crippen LogP contribution is 2.48. The molecule has 1 aliphatic carbocycles. The number of anilines is 3. The fraction of sp³-hybridized carbons (Fsp3) is 0.333. The molecule has 2 aromatic heterocycles. The largest absolute Gasteiger partial charge is 0.378 e. The second-order valence-corrected chi connectivity index (χ2v) is 8.12. The van der Waals surface area contributed by atoms with Gasteiger partial charge in [0.15, 0.2) is 0 Å². The van der Waals surface area contributed by atoms with Crippen molar-refractivity contribution in [2.45, 2.75) is 18.8 Å². The van der Waals surface area contributed by atoms with E-state index in [-0.39, 0.29) is 0 Å². The first kappa shape index (κ1) is 16.5. The molecule has 2 aliphatic rings. The smallest absolute Gasteiger partial charge is 0.130 e. The van der Waals surface area contributed by atoms with Gasteiger partial charge in [0.25, 0.3) is 0 Å². The van der Waals surface area contributed by atoms with E-state index in [9.17, 15) is 5.26 Å². The summed E-state index contributed by atoms with van der Waals surface area (Å²) in [4.78, 5) is 7.76. The zero-order valence-electron chi connectivity index (χ0n) is 14.9. The van der Waals surface area contributed by atoms with Gasteiger partial charge in [-0.2, -0.15) is 5.26 Å². The quantitative estimate of drug-likeness (QED) is 0.720. The molecule has 0 amide bonds. The summed E-state index contributed by atoms with van der Waals surface area (Å²) in [6.45, 7) is 3.40. The van der Waals surface area contributed by atoms with Crippen molar-refractivity contribution in [2.24, 2.45) is 0 Å². The van der Waals surface area contributed by atoms with Crippen molar-refractivity contribution >= 4 is 38.6 Å². The third kappa shape index (κ3) is 3.25. The molecular formula is C21H20N4OS. The summed E-state index contributed by atoms with van der Waals surface area (Å²) in [5.41, 5.74) is 3.45. The third-order valence-electron chi connectivity index (χ3n) is 5.20. The van der Waals surface area contributed by atoms with E-state index in [2.05, 4.69) is 51.6 Å². The molecule has 0 radical (unpaired) electrons. The van der Waals surface area contributed by atoms with Crippen molar-refractivity contribution in [1.29, 1.82) is 5.26 Å². The predicted octanol–water partition coefficient (Wildman–Crippen LogP) is 4.63. The monoisotopic (exact) mass is 376 g/mol. The van der Waals surface area contributed by atoms with Crippen LogP contribution in [0.4, 0.5) is 17.2 Å². The van der Waals surface area contributed by atoms with Crippen LogP contribution in [0.5, 0.6) is 0 Å². The van der Waals surface area contributed by atoms with Crippen molar-refractivity contribution in [3.63, 3.8) is 0 Å². The Hall–Kier alpha value is -2.62. The summed E-state index contributed by atoms with van der Waals surface area (Å²) in [6, 6.07) is 12.9. The summed E-state index contributed by atoms with van der Waals surface area (Å²) in [5.74, 6) is 1.37. The number of ether oxygens (including phenoxy) is 1. The highest BCUT2D eigenvalue weighted by atomic mass is 32.1. The van der Waals surface area contributed by atoms with E-state index in [1.54, 1.807) is 11.3 Å². The molecule has 27 heavy (non-hydrogen) atoms. The van der Waals surface area contributed by atoms with Crippen LogP contribution in [0.1, 0.15) is 29.2 Å². The number of hydrogen-bond donors (Lipinski definition) is 1. The van der Waals surface area contributed by atoms with Gasteiger partial charge in [0.2, 0.25) is 0 Å². The van der Waals surface area contributed by atoms with Crippen LogP contribution in [0.3, 0.4) is 0 Å². The summed E-state index contributed by atoms with van der Waals surface area (Å²) in [7, 11) is 0. The van der Waals surface area contributed by atoms with Crippen molar-refractivity contribution in [3.8, 4) is 6.07 Å². The second-order valence-electron chi connectivity index (χ2n) is 7.07. The first-order valence-corrected chi connectivity index (χ1v) is 10.2. The van der Waals surface area contributed by atoms with Crippen LogP contribution >= 0.6 is 11.3 Å². The Morgan fingerprint density at radius 2 is 2.07 bits per heavy atom. The molecule has 1 aliphatic heterocycles. The number of rotatable bonds is 4. The average Bonchev–Trinajstić information content (AvgIpc) is 3.49. The zero-order valence-corrected chi connectivity index (χ0v) is 15.8. The molecule has 5 rings (SSSR count). The van der Waals surface area contributed by atoms with Crippen LogP contribution in [0.25, 0.3) is 10.1 Å². The average molecular weight is 376 g/mol. The molecule has 0 spiro atoms. The number of nitriles is 1. The summed E-state index contributed by atoms with van der Waals surface area (Å²) in [5, 5.41) is 14.1. The maximum Gasteiger partial charge on any atom is 0.130 e. The Labute approximate surface area is 162 Å². The van der Waals surface area contributed by atoms with E-state index < -0.39 is 0 Å². The molecule has 6 heteroatoms. The van der Waals surface area contributed by atoms with Crippen LogP contribution in [0, 0.1) is 11.3 Å². The van der Waals surface area contributed by atoms with Gasteiger partial charge in [-0.3, -0.25) is 0 Å². The zero-order chi connectivity index (χ0) is 18.2. The van der Waals surface area contributed by atoms with E-state index in [1.165, 1.54) is 29.5 Å². The molecule has 136 valence electrons. The number of morpholine rings is 1. The maximum atomic E-state index is 9.47. The van der Waals surface area contributed by atoms with E-state index in [1.807, 2.05) is 6.20 Å². The normalized spacial score (nSPS) is 17.1. The minimum atomic E-state index is 0.549. The number of pyridine rings is 1. The molecule has 1 aromatic carbocycles. The second kappa shape index (κ2) is 6.84. The van der Waals surface area contributed by atoms with Gasteiger partial charge in [-0.05, 0) is 48.6 Å². The molecule has 1 saturated carbocycles. The highest BCUT2D eigenvalue weighted by Gasteiger charge is 2.30. The third-order valence-corrected chi connectivity index (χ3v) is 6.26. The van der Waals surface area contributed by atoms with Crippen LogP contribution < -0.4 is 10.2 Å². The molecule has 3 heterocycles. The number of aromatic nitrogens is 1. The Kier molecular flexibility index (Phi) is 4.19. The molecule has 1 N–H and O–H groups in total. The topological polar surface area (TPSA) is 61.2 Å². The SMILES string of the molecule is N#Cc1sc2cnc(Nc3cccc(N4CCOCC4)c3)cc2c1C1CC1. The van der Waals surface area contributed by atoms with Crippen LogP contribution in [0.2, 0.25) is 0 Å². The summed E-state index contributed by atoms with van der Waals surface area (Å²) >= 11 is 1.56. The molecule has 0 bridgehead atoms. The van der Waals surface area contributed by atoms with Crippen molar-refractivity contribution in [1.82, 2.24) is 4.98 Å². The van der Waals surface area contributed by atoms with Crippen LogP contribution in [0.15, 0.2) is 36.5 Å².